The summed E-state index contributed by atoms with van der Waals surface area (Å²) in [7, 11) is 1.69. The maximum Gasteiger partial charge on any atom is 0.119 e. The number of hydrogen-bond acceptors (Lipinski definition) is 2. The van der Waals surface area contributed by atoms with Gasteiger partial charge in [-0.25, -0.2) is 0 Å². The Bertz CT molecular complexity index is 339. The standard InChI is InChI=1S/C13H20BrNO/c1-9(2)11(8-15)6-10-7-12(16-3)4-5-13(10)14/h4-5,7,9,11H,6,8,15H2,1-3H3. The number of hydrogen-bond donors (Lipinski definition) is 1. The second kappa shape index (κ2) is 6.26. The molecule has 0 spiro atoms. The van der Waals surface area contributed by atoms with Crippen LogP contribution >= 0.6 is 15.9 Å². The minimum Gasteiger partial charge on any atom is -0.497 e. The Morgan fingerprint density at radius 1 is 1.38 bits per heavy atom. The summed E-state index contributed by atoms with van der Waals surface area (Å²) in [6.07, 6.45) is 0.992. The Balaban J connectivity index is 2.86. The minimum atomic E-state index is 0.517. The van der Waals surface area contributed by atoms with Crippen molar-refractivity contribution in [2.75, 3.05) is 13.7 Å². The quantitative estimate of drug-likeness (QED) is 0.902. The SMILES string of the molecule is COc1ccc(Br)c(CC(CN)C(C)C)c1. The van der Waals surface area contributed by atoms with Crippen molar-refractivity contribution < 1.29 is 4.74 Å². The van der Waals surface area contributed by atoms with Gasteiger partial charge in [0.1, 0.15) is 5.75 Å². The van der Waals surface area contributed by atoms with E-state index in [2.05, 4.69) is 35.8 Å². The smallest absolute Gasteiger partial charge is 0.119 e. The normalized spacial score (nSPS) is 12.9. The molecule has 1 aromatic carbocycles. The zero-order valence-electron chi connectivity index (χ0n) is 10.2. The molecule has 0 heterocycles. The van der Waals surface area contributed by atoms with Gasteiger partial charge in [-0.05, 0) is 48.6 Å². The first-order valence-corrected chi connectivity index (χ1v) is 6.40. The number of benzene rings is 1. The molecule has 0 bridgehead atoms. The zero-order valence-corrected chi connectivity index (χ0v) is 11.8. The Morgan fingerprint density at radius 2 is 2.06 bits per heavy atom. The van der Waals surface area contributed by atoms with Crippen LogP contribution in [0.1, 0.15) is 19.4 Å². The molecule has 0 aliphatic heterocycles. The van der Waals surface area contributed by atoms with E-state index in [1.54, 1.807) is 7.11 Å². The van der Waals surface area contributed by atoms with Crippen molar-refractivity contribution in [1.82, 2.24) is 0 Å². The van der Waals surface area contributed by atoms with Crippen LogP contribution in [0.2, 0.25) is 0 Å². The summed E-state index contributed by atoms with van der Waals surface area (Å²) in [6, 6.07) is 6.07. The van der Waals surface area contributed by atoms with Crippen LogP contribution in [0.5, 0.6) is 5.75 Å². The van der Waals surface area contributed by atoms with Crippen LogP contribution in [0, 0.1) is 11.8 Å². The summed E-state index contributed by atoms with van der Waals surface area (Å²) in [5, 5.41) is 0. The van der Waals surface area contributed by atoms with Gasteiger partial charge in [0.05, 0.1) is 7.11 Å². The third-order valence-electron chi connectivity index (χ3n) is 2.98. The number of ether oxygens (including phenoxy) is 1. The van der Waals surface area contributed by atoms with Crippen LogP contribution in [-0.4, -0.2) is 13.7 Å². The average Bonchev–Trinajstić information content (AvgIpc) is 2.27. The van der Waals surface area contributed by atoms with Crippen molar-refractivity contribution in [3.63, 3.8) is 0 Å². The number of methoxy groups -OCH3 is 1. The average molecular weight is 286 g/mol. The Kier molecular flexibility index (Phi) is 5.29. The van der Waals surface area contributed by atoms with Crippen LogP contribution in [-0.2, 0) is 6.42 Å². The fourth-order valence-corrected chi connectivity index (χ4v) is 2.12. The topological polar surface area (TPSA) is 35.2 Å². The molecule has 2 nitrogen and oxygen atoms in total. The van der Waals surface area contributed by atoms with Gasteiger partial charge in [-0.3, -0.25) is 0 Å². The van der Waals surface area contributed by atoms with Crippen LogP contribution in [0.4, 0.5) is 0 Å². The second-order valence-electron chi connectivity index (χ2n) is 4.40. The lowest BCUT2D eigenvalue weighted by molar-refractivity contribution is 0.388. The number of rotatable bonds is 5. The lowest BCUT2D eigenvalue weighted by atomic mass is 9.89. The third kappa shape index (κ3) is 3.49. The molecule has 0 aliphatic carbocycles. The second-order valence-corrected chi connectivity index (χ2v) is 5.26. The van der Waals surface area contributed by atoms with Gasteiger partial charge in [0.25, 0.3) is 0 Å². The fourth-order valence-electron chi connectivity index (χ4n) is 1.71. The van der Waals surface area contributed by atoms with Crippen molar-refractivity contribution in [2.45, 2.75) is 20.3 Å². The molecule has 1 rings (SSSR count). The summed E-state index contributed by atoms with van der Waals surface area (Å²) in [5.41, 5.74) is 7.06. The van der Waals surface area contributed by atoms with Crippen LogP contribution in [0.3, 0.4) is 0 Å². The van der Waals surface area contributed by atoms with Crippen molar-refractivity contribution >= 4 is 15.9 Å². The van der Waals surface area contributed by atoms with Crippen LogP contribution in [0.15, 0.2) is 22.7 Å². The predicted octanol–water partition coefficient (Wildman–Crippen LogP) is 3.23. The molecule has 3 heteroatoms. The minimum absolute atomic E-state index is 0.517. The van der Waals surface area contributed by atoms with Gasteiger partial charge < -0.3 is 10.5 Å². The highest BCUT2D eigenvalue weighted by atomic mass is 79.9. The Morgan fingerprint density at radius 3 is 2.56 bits per heavy atom. The van der Waals surface area contributed by atoms with E-state index in [4.69, 9.17) is 10.5 Å². The van der Waals surface area contributed by atoms with E-state index in [9.17, 15) is 0 Å². The van der Waals surface area contributed by atoms with Crippen LogP contribution in [0.25, 0.3) is 0 Å². The monoisotopic (exact) mass is 285 g/mol. The molecule has 0 amide bonds. The highest BCUT2D eigenvalue weighted by molar-refractivity contribution is 9.10. The molecule has 2 N–H and O–H groups in total. The molecule has 0 aliphatic rings. The lowest BCUT2D eigenvalue weighted by Gasteiger charge is -2.19. The molecule has 0 radical (unpaired) electrons. The van der Waals surface area contributed by atoms with Gasteiger partial charge in [-0.1, -0.05) is 29.8 Å². The maximum absolute atomic E-state index is 5.80. The summed E-state index contributed by atoms with van der Waals surface area (Å²) in [5.74, 6) is 2.02. The summed E-state index contributed by atoms with van der Waals surface area (Å²) in [4.78, 5) is 0. The molecule has 1 unspecified atom stereocenters. The molecular formula is C13H20BrNO. The first kappa shape index (κ1) is 13.5. The van der Waals surface area contributed by atoms with E-state index in [0.717, 1.165) is 23.2 Å². The maximum atomic E-state index is 5.80. The molecular weight excluding hydrogens is 266 g/mol. The van der Waals surface area contributed by atoms with Crippen molar-refractivity contribution in [1.29, 1.82) is 0 Å². The molecule has 0 fully saturated rings. The molecule has 90 valence electrons. The molecule has 1 atom stereocenters. The van der Waals surface area contributed by atoms with E-state index in [-0.39, 0.29) is 0 Å². The molecule has 1 aromatic rings. The highest BCUT2D eigenvalue weighted by Gasteiger charge is 2.14. The summed E-state index contributed by atoms with van der Waals surface area (Å²) < 4.78 is 6.37. The molecule has 0 saturated carbocycles. The van der Waals surface area contributed by atoms with Crippen molar-refractivity contribution in [2.24, 2.45) is 17.6 Å². The van der Waals surface area contributed by atoms with Gasteiger partial charge in [0, 0.05) is 4.47 Å². The van der Waals surface area contributed by atoms with E-state index in [0.29, 0.717) is 11.8 Å². The van der Waals surface area contributed by atoms with E-state index in [1.807, 2.05) is 12.1 Å². The summed E-state index contributed by atoms with van der Waals surface area (Å²) >= 11 is 3.57. The largest absolute Gasteiger partial charge is 0.497 e. The predicted molar refractivity (Wildman–Crippen MR) is 71.8 cm³/mol. The lowest BCUT2D eigenvalue weighted by Crippen LogP contribution is -2.22. The van der Waals surface area contributed by atoms with Gasteiger partial charge in [0.15, 0.2) is 0 Å². The van der Waals surface area contributed by atoms with Gasteiger partial charge in [-0.15, -0.1) is 0 Å². The summed E-state index contributed by atoms with van der Waals surface area (Å²) in [6.45, 7) is 5.15. The number of nitrogens with two attached hydrogens (primary N) is 1. The first-order valence-electron chi connectivity index (χ1n) is 5.61. The van der Waals surface area contributed by atoms with Gasteiger partial charge in [0.2, 0.25) is 0 Å². The van der Waals surface area contributed by atoms with Crippen LogP contribution < -0.4 is 10.5 Å². The molecule has 16 heavy (non-hydrogen) atoms. The highest BCUT2D eigenvalue weighted by Crippen LogP contribution is 2.26. The van der Waals surface area contributed by atoms with E-state index in [1.165, 1.54) is 5.56 Å². The van der Waals surface area contributed by atoms with Gasteiger partial charge in [-0.2, -0.15) is 0 Å². The molecule has 0 aromatic heterocycles. The Labute approximate surface area is 106 Å². The van der Waals surface area contributed by atoms with Gasteiger partial charge >= 0.3 is 0 Å². The first-order chi connectivity index (χ1) is 7.58. The Hall–Kier alpha value is -0.540. The van der Waals surface area contributed by atoms with E-state index >= 15 is 0 Å². The van der Waals surface area contributed by atoms with E-state index < -0.39 is 0 Å². The van der Waals surface area contributed by atoms with Crippen molar-refractivity contribution in [3.05, 3.63) is 28.2 Å². The third-order valence-corrected chi connectivity index (χ3v) is 3.75. The molecule has 0 saturated heterocycles. The zero-order chi connectivity index (χ0) is 12.1. The number of halogens is 1. The fraction of sp³-hybridized carbons (Fsp3) is 0.538. The van der Waals surface area contributed by atoms with Crippen molar-refractivity contribution in [3.8, 4) is 5.75 Å².